The number of nitrogens with one attached hydrogen (secondary N) is 1. The Hall–Kier alpha value is -4.35. The van der Waals surface area contributed by atoms with Gasteiger partial charge >= 0.3 is 0 Å². The van der Waals surface area contributed by atoms with Gasteiger partial charge in [0.15, 0.2) is 5.60 Å². The third kappa shape index (κ3) is 6.98. The fourth-order valence-electron chi connectivity index (χ4n) is 7.56. The maximum absolute atomic E-state index is 16.4. The van der Waals surface area contributed by atoms with E-state index in [-0.39, 0.29) is 50.4 Å². The lowest BCUT2D eigenvalue weighted by Crippen LogP contribution is -2.45. The minimum atomic E-state index is -3.53. The molecule has 2 aliphatic rings. The van der Waals surface area contributed by atoms with Gasteiger partial charge in [-0.3, -0.25) is 14.4 Å². The van der Waals surface area contributed by atoms with Gasteiger partial charge in [-0.1, -0.05) is 79.2 Å². The number of hydrogen-bond donors (Lipinski definition) is 2. The summed E-state index contributed by atoms with van der Waals surface area (Å²) in [5, 5.41) is 13.1. The van der Waals surface area contributed by atoms with Gasteiger partial charge < -0.3 is 29.1 Å². The van der Waals surface area contributed by atoms with Gasteiger partial charge in [0.25, 0.3) is 11.8 Å². The predicted octanol–water partition coefficient (Wildman–Crippen LogP) is 7.33. The van der Waals surface area contributed by atoms with Crippen LogP contribution in [-0.4, -0.2) is 55.4 Å². The van der Waals surface area contributed by atoms with Gasteiger partial charge in [-0.2, -0.15) is 0 Å². The van der Waals surface area contributed by atoms with Crippen molar-refractivity contribution in [3.8, 4) is 0 Å². The summed E-state index contributed by atoms with van der Waals surface area (Å²) in [5.74, 6) is -1.45. The topological polar surface area (TPSA) is 99.2 Å². The van der Waals surface area contributed by atoms with E-state index < -0.39 is 31.6 Å². The Kier molecular flexibility index (Phi) is 10.3. The average Bonchev–Trinajstić information content (AvgIpc) is 3.52. The first kappa shape index (κ1) is 35.5. The zero-order chi connectivity index (χ0) is 35.6. The van der Waals surface area contributed by atoms with Gasteiger partial charge in [0, 0.05) is 46.4 Å². The van der Waals surface area contributed by atoms with E-state index in [1.54, 1.807) is 77.5 Å². The Morgan fingerprint density at radius 2 is 1.64 bits per heavy atom. The molecule has 0 bridgehead atoms. The molecule has 8 nitrogen and oxygen atoms in total. The number of rotatable bonds is 11. The summed E-state index contributed by atoms with van der Waals surface area (Å²) in [5.41, 5.74) is 1.81. The maximum atomic E-state index is 16.4. The fraction of sp³-hybridized carbons (Fsp3) is 0.308. The standard InChI is InChI=1S/C39H41ClFN3O5Si/c1-26-36(50(2,3)41)34(23-35(46)43(20-21-45)24-27-10-6-4-7-11-27)49-39(26)32-22-30(40)16-19-33(32)44(38(39)48)25-28-14-17-31(18-15-28)42-37(47)29-12-8-5-9-13-29/h4-19,22,26,34,36,45H,20-21,23-25H2,1-3H3,(H,42,47)/t26-,34+,36-,39+/m1/s1. The van der Waals surface area contributed by atoms with Crippen LogP contribution in [0.1, 0.15) is 40.4 Å². The van der Waals surface area contributed by atoms with Crippen LogP contribution in [0.4, 0.5) is 15.5 Å². The lowest BCUT2D eigenvalue weighted by molar-refractivity contribution is -0.150. The summed E-state index contributed by atoms with van der Waals surface area (Å²) in [4.78, 5) is 44.4. The lowest BCUT2D eigenvalue weighted by atomic mass is 9.82. The van der Waals surface area contributed by atoms with Gasteiger partial charge in [0.2, 0.25) is 14.3 Å². The molecule has 1 spiro atoms. The van der Waals surface area contributed by atoms with Crippen LogP contribution >= 0.6 is 11.6 Å². The number of carbonyl (C=O) groups is 3. The van der Waals surface area contributed by atoms with Crippen molar-refractivity contribution >= 4 is 49.1 Å². The zero-order valence-corrected chi connectivity index (χ0v) is 30.1. The molecular weight excluding hydrogens is 673 g/mol. The Balaban J connectivity index is 1.27. The SMILES string of the molecule is C[C@@H]1[C@@H]([Si](C)(C)F)[C@H](CC(=O)N(CCO)Cc2ccccc2)O[C@@]12C(=O)N(Cc1ccc(NC(=O)c3ccccc3)cc1)c1ccc(Cl)cc12. The molecule has 260 valence electrons. The van der Waals surface area contributed by atoms with Crippen molar-refractivity contribution in [3.63, 3.8) is 0 Å². The first-order chi connectivity index (χ1) is 23.9. The van der Waals surface area contributed by atoms with Gasteiger partial charge in [-0.15, -0.1) is 0 Å². The number of halogens is 2. The van der Waals surface area contributed by atoms with Crippen LogP contribution in [0.3, 0.4) is 0 Å². The number of ether oxygens (including phenoxy) is 1. The number of anilines is 2. The first-order valence-corrected chi connectivity index (χ1v) is 20.1. The largest absolute Gasteiger partial charge is 0.395 e. The van der Waals surface area contributed by atoms with E-state index in [9.17, 15) is 19.5 Å². The second kappa shape index (κ2) is 14.5. The molecule has 0 aromatic heterocycles. The molecule has 0 unspecified atom stereocenters. The summed E-state index contributed by atoms with van der Waals surface area (Å²) in [7, 11) is -3.53. The molecule has 50 heavy (non-hydrogen) atoms. The highest BCUT2D eigenvalue weighted by atomic mass is 35.5. The molecule has 0 aliphatic carbocycles. The van der Waals surface area contributed by atoms with Crippen molar-refractivity contribution in [1.82, 2.24) is 4.90 Å². The Bertz CT molecular complexity index is 1860. The number of hydrogen-bond acceptors (Lipinski definition) is 5. The van der Waals surface area contributed by atoms with E-state index in [1.165, 1.54) is 0 Å². The molecule has 2 N–H and O–H groups in total. The third-order valence-corrected chi connectivity index (χ3v) is 12.5. The molecule has 1 fully saturated rings. The Morgan fingerprint density at radius 1 is 0.980 bits per heavy atom. The van der Waals surface area contributed by atoms with Crippen LogP contribution in [-0.2, 0) is 33.0 Å². The number of aliphatic hydroxyl groups excluding tert-OH is 1. The summed E-state index contributed by atoms with van der Waals surface area (Å²) in [6, 6.07) is 30.9. The van der Waals surface area contributed by atoms with Crippen LogP contribution in [0.15, 0.2) is 103 Å². The molecule has 4 aromatic carbocycles. The number of aliphatic hydroxyl groups is 1. The monoisotopic (exact) mass is 713 g/mol. The van der Waals surface area contributed by atoms with Crippen molar-refractivity contribution < 1.29 is 28.3 Å². The van der Waals surface area contributed by atoms with Crippen LogP contribution < -0.4 is 10.2 Å². The Morgan fingerprint density at radius 3 is 2.28 bits per heavy atom. The van der Waals surface area contributed by atoms with Crippen molar-refractivity contribution in [1.29, 1.82) is 0 Å². The quantitative estimate of drug-likeness (QED) is 0.125. The highest BCUT2D eigenvalue weighted by Gasteiger charge is 2.67. The Labute approximate surface area is 298 Å². The van der Waals surface area contributed by atoms with Gasteiger partial charge in [0.1, 0.15) is 0 Å². The number of nitrogens with zero attached hydrogens (tertiary/aromatic N) is 2. The predicted molar refractivity (Wildman–Crippen MR) is 195 cm³/mol. The molecule has 0 radical (unpaired) electrons. The van der Waals surface area contributed by atoms with E-state index in [0.29, 0.717) is 27.5 Å². The lowest BCUT2D eigenvalue weighted by Gasteiger charge is -2.31. The minimum Gasteiger partial charge on any atom is -0.395 e. The molecule has 3 amide bonds. The number of carbonyl (C=O) groups excluding carboxylic acids is 3. The van der Waals surface area contributed by atoms with Crippen molar-refractivity contribution in [3.05, 3.63) is 130 Å². The van der Waals surface area contributed by atoms with Crippen LogP contribution in [0.2, 0.25) is 23.7 Å². The van der Waals surface area contributed by atoms with Crippen molar-refractivity contribution in [2.24, 2.45) is 5.92 Å². The van der Waals surface area contributed by atoms with Gasteiger partial charge in [-0.05, 0) is 66.7 Å². The normalized spacial score (nSPS) is 21.4. The first-order valence-electron chi connectivity index (χ1n) is 16.8. The number of benzene rings is 4. The van der Waals surface area contributed by atoms with E-state index in [2.05, 4.69) is 5.32 Å². The molecule has 0 saturated carbocycles. The molecule has 1 saturated heterocycles. The second-order valence-corrected chi connectivity index (χ2v) is 17.8. The van der Waals surface area contributed by atoms with Gasteiger partial charge in [-0.25, -0.2) is 0 Å². The summed E-state index contributed by atoms with van der Waals surface area (Å²) < 4.78 is 23.1. The summed E-state index contributed by atoms with van der Waals surface area (Å²) in [6.07, 6.45) is -1.01. The van der Waals surface area contributed by atoms with Crippen LogP contribution in [0.5, 0.6) is 0 Å². The van der Waals surface area contributed by atoms with Gasteiger partial charge in [0.05, 0.1) is 31.4 Å². The molecule has 4 aromatic rings. The van der Waals surface area contributed by atoms with Crippen molar-refractivity contribution in [2.75, 3.05) is 23.4 Å². The zero-order valence-electron chi connectivity index (χ0n) is 28.3. The van der Waals surface area contributed by atoms with Crippen LogP contribution in [0, 0.1) is 5.92 Å². The smallest absolute Gasteiger partial charge is 0.264 e. The average molecular weight is 714 g/mol. The maximum Gasteiger partial charge on any atom is 0.264 e. The molecule has 6 rings (SSSR count). The van der Waals surface area contributed by atoms with Crippen LogP contribution in [0.25, 0.3) is 0 Å². The molecular formula is C39H41ClFN3O5Si. The second-order valence-electron chi connectivity index (χ2n) is 13.6. The minimum absolute atomic E-state index is 0.113. The molecule has 2 heterocycles. The summed E-state index contributed by atoms with van der Waals surface area (Å²) >= 11 is 6.52. The van der Waals surface area contributed by atoms with E-state index in [0.717, 1.165) is 11.1 Å². The van der Waals surface area contributed by atoms with E-state index in [1.807, 2.05) is 55.5 Å². The highest BCUT2D eigenvalue weighted by molar-refractivity contribution is 6.72. The fourth-order valence-corrected chi connectivity index (χ4v) is 10.2. The van der Waals surface area contributed by atoms with E-state index >= 15 is 4.11 Å². The summed E-state index contributed by atoms with van der Waals surface area (Å²) in [6.45, 7) is 5.41. The number of fused-ring (bicyclic) bond motifs is 2. The highest BCUT2D eigenvalue weighted by Crippen LogP contribution is 2.60. The number of amides is 3. The molecule has 4 atom stereocenters. The van der Waals surface area contributed by atoms with Crippen molar-refractivity contribution in [2.45, 2.75) is 56.8 Å². The third-order valence-electron chi connectivity index (χ3n) is 9.83. The molecule has 11 heteroatoms. The molecule has 2 aliphatic heterocycles. The van der Waals surface area contributed by atoms with E-state index in [4.69, 9.17) is 16.3 Å².